The fraction of sp³-hybridized carbons (Fsp3) is 0.500. The maximum atomic E-state index is 5.08. The normalized spacial score (nSPS) is 29.9. The summed E-state index contributed by atoms with van der Waals surface area (Å²) >= 11 is 0. The molecule has 0 N–H and O–H groups in total. The predicted octanol–water partition coefficient (Wildman–Crippen LogP) is 5.97. The molecule has 4 nitrogen and oxygen atoms in total. The maximum Gasteiger partial charge on any atom is 0.107 e. The van der Waals surface area contributed by atoms with Gasteiger partial charge in [0.2, 0.25) is 0 Å². The van der Waals surface area contributed by atoms with Crippen LogP contribution in [0.1, 0.15) is 74.9 Å². The van der Waals surface area contributed by atoms with Gasteiger partial charge < -0.3 is 0 Å². The fourth-order valence-corrected chi connectivity index (χ4v) is 7.12. The molecule has 2 saturated carbocycles. The molecule has 32 heavy (non-hydrogen) atoms. The highest BCUT2D eigenvalue weighted by Gasteiger charge is 2.61. The third kappa shape index (κ3) is 2.50. The lowest BCUT2D eigenvalue weighted by Gasteiger charge is -2.15. The molecule has 3 heterocycles. The SMILES string of the molecule is CC1(C)[C@@H]2CCc3ccc(-c4cnc(-c5ccc6c(n5)[C@H]5[C@@H](CC6)C5(C)C)cn4)nc3[C@@H]21. The lowest BCUT2D eigenvalue weighted by molar-refractivity contribution is 0.535. The van der Waals surface area contributed by atoms with E-state index >= 15 is 0 Å². The van der Waals surface area contributed by atoms with Crippen LogP contribution in [0.15, 0.2) is 36.7 Å². The number of hydrogen-bond donors (Lipinski definition) is 0. The monoisotopic (exact) mass is 422 g/mol. The first kappa shape index (κ1) is 18.9. The molecule has 3 aromatic heterocycles. The summed E-state index contributed by atoms with van der Waals surface area (Å²) < 4.78 is 0. The molecule has 4 atom stereocenters. The molecule has 4 aliphatic rings. The quantitative estimate of drug-likeness (QED) is 0.510. The molecule has 0 radical (unpaired) electrons. The van der Waals surface area contributed by atoms with Gasteiger partial charge in [0.1, 0.15) is 11.4 Å². The summed E-state index contributed by atoms with van der Waals surface area (Å²) in [5.74, 6) is 2.79. The smallest absolute Gasteiger partial charge is 0.107 e. The van der Waals surface area contributed by atoms with Gasteiger partial charge in [-0.3, -0.25) is 19.9 Å². The van der Waals surface area contributed by atoms with E-state index < -0.39 is 0 Å². The Labute approximate surface area is 190 Å². The second-order valence-electron chi connectivity index (χ2n) is 11.7. The van der Waals surface area contributed by atoms with E-state index in [1.165, 1.54) is 35.4 Å². The minimum Gasteiger partial charge on any atom is -0.251 e. The van der Waals surface area contributed by atoms with Gasteiger partial charge in [0.05, 0.1) is 23.8 Å². The first-order valence-electron chi connectivity index (χ1n) is 12.2. The van der Waals surface area contributed by atoms with E-state index in [4.69, 9.17) is 19.9 Å². The van der Waals surface area contributed by atoms with Gasteiger partial charge in [-0.2, -0.15) is 0 Å². The Kier molecular flexibility index (Phi) is 3.56. The average molecular weight is 423 g/mol. The number of aryl methyl sites for hydroxylation is 2. The van der Waals surface area contributed by atoms with Gasteiger partial charge in [0, 0.05) is 23.2 Å². The van der Waals surface area contributed by atoms with E-state index in [0.717, 1.165) is 47.5 Å². The van der Waals surface area contributed by atoms with Crippen LogP contribution in [0.4, 0.5) is 0 Å². The van der Waals surface area contributed by atoms with Crippen molar-refractivity contribution in [2.45, 2.75) is 65.2 Å². The van der Waals surface area contributed by atoms with Crippen LogP contribution in [-0.4, -0.2) is 19.9 Å². The van der Waals surface area contributed by atoms with Crippen molar-refractivity contribution in [1.82, 2.24) is 19.9 Å². The van der Waals surface area contributed by atoms with Gasteiger partial charge in [0.25, 0.3) is 0 Å². The van der Waals surface area contributed by atoms with E-state index in [2.05, 4.69) is 52.0 Å². The van der Waals surface area contributed by atoms with Crippen LogP contribution in [0.25, 0.3) is 22.8 Å². The predicted molar refractivity (Wildman–Crippen MR) is 125 cm³/mol. The number of pyridine rings is 2. The number of hydrogen-bond acceptors (Lipinski definition) is 4. The standard InChI is InChI=1S/C28H30N4/c1-27(2)17-9-5-15-7-11-19(31-25(15)23(17)27)21-13-30-22(14-29-21)20-12-8-16-6-10-18-24(26(16)32-20)28(18,3)4/h7-8,11-14,17-18,23-24H,5-6,9-10H2,1-4H3/t17-,18-,23-,24-/m1/s1. The van der Waals surface area contributed by atoms with Gasteiger partial charge in [0.15, 0.2) is 0 Å². The molecule has 7 rings (SSSR count). The Morgan fingerprint density at radius 1 is 0.625 bits per heavy atom. The molecular formula is C28H30N4. The molecule has 0 spiro atoms. The van der Waals surface area contributed by atoms with Gasteiger partial charge >= 0.3 is 0 Å². The van der Waals surface area contributed by atoms with Gasteiger partial charge in [-0.25, -0.2) is 0 Å². The second-order valence-corrected chi connectivity index (χ2v) is 11.7. The highest BCUT2D eigenvalue weighted by molar-refractivity contribution is 5.60. The van der Waals surface area contributed by atoms with Crippen molar-refractivity contribution < 1.29 is 0 Å². The zero-order chi connectivity index (χ0) is 21.8. The van der Waals surface area contributed by atoms with Crippen LogP contribution in [0, 0.1) is 22.7 Å². The van der Waals surface area contributed by atoms with Gasteiger partial charge in [-0.05, 0) is 71.6 Å². The molecule has 3 aromatic rings. The molecule has 2 fully saturated rings. The number of rotatable bonds is 2. The number of fused-ring (bicyclic) bond motifs is 6. The average Bonchev–Trinajstić information content (AvgIpc) is 3.60. The van der Waals surface area contributed by atoms with E-state index in [1.54, 1.807) is 0 Å². The van der Waals surface area contributed by atoms with Crippen molar-refractivity contribution in [2.75, 3.05) is 0 Å². The molecule has 0 amide bonds. The lowest BCUT2D eigenvalue weighted by atomic mass is 9.95. The molecule has 0 saturated heterocycles. The summed E-state index contributed by atoms with van der Waals surface area (Å²) in [4.78, 5) is 19.7. The lowest BCUT2D eigenvalue weighted by Crippen LogP contribution is -2.06. The van der Waals surface area contributed by atoms with E-state index in [1.807, 2.05) is 12.4 Å². The minimum absolute atomic E-state index is 0.389. The Bertz CT molecular complexity index is 1160. The van der Waals surface area contributed by atoms with Crippen LogP contribution in [0.3, 0.4) is 0 Å². The molecule has 4 heteroatoms. The number of nitrogens with zero attached hydrogens (tertiary/aromatic N) is 4. The Morgan fingerprint density at radius 2 is 1.06 bits per heavy atom. The Morgan fingerprint density at radius 3 is 1.47 bits per heavy atom. The summed E-state index contributed by atoms with van der Waals surface area (Å²) in [6.07, 6.45) is 8.64. The zero-order valence-electron chi connectivity index (χ0n) is 19.4. The maximum absolute atomic E-state index is 5.08. The topological polar surface area (TPSA) is 51.6 Å². The van der Waals surface area contributed by atoms with Crippen LogP contribution < -0.4 is 0 Å². The molecule has 0 aliphatic heterocycles. The van der Waals surface area contributed by atoms with Gasteiger partial charge in [-0.1, -0.05) is 39.8 Å². The Hall–Kier alpha value is -2.62. The summed E-state index contributed by atoms with van der Waals surface area (Å²) in [5, 5.41) is 0. The second kappa shape index (κ2) is 6.03. The fourth-order valence-electron chi connectivity index (χ4n) is 7.12. The molecule has 0 bridgehead atoms. The van der Waals surface area contributed by atoms with Crippen molar-refractivity contribution in [3.63, 3.8) is 0 Å². The summed E-state index contributed by atoms with van der Waals surface area (Å²) in [6.45, 7) is 9.54. The van der Waals surface area contributed by atoms with Crippen LogP contribution in [0.5, 0.6) is 0 Å². The first-order valence-corrected chi connectivity index (χ1v) is 12.2. The summed E-state index contributed by atoms with van der Waals surface area (Å²) in [7, 11) is 0. The first-order chi connectivity index (χ1) is 15.4. The van der Waals surface area contributed by atoms with Crippen LogP contribution in [-0.2, 0) is 12.8 Å². The zero-order valence-corrected chi connectivity index (χ0v) is 19.4. The van der Waals surface area contributed by atoms with Gasteiger partial charge in [-0.15, -0.1) is 0 Å². The van der Waals surface area contributed by atoms with E-state index in [-0.39, 0.29) is 0 Å². The van der Waals surface area contributed by atoms with Crippen molar-refractivity contribution in [2.24, 2.45) is 22.7 Å². The van der Waals surface area contributed by atoms with Crippen molar-refractivity contribution in [3.8, 4) is 22.8 Å². The third-order valence-corrected chi connectivity index (χ3v) is 9.34. The minimum atomic E-state index is 0.389. The van der Waals surface area contributed by atoms with Crippen LogP contribution in [0.2, 0.25) is 0 Å². The Balaban J connectivity index is 1.20. The largest absolute Gasteiger partial charge is 0.251 e. The van der Waals surface area contributed by atoms with E-state index in [0.29, 0.717) is 22.7 Å². The summed E-state index contributed by atoms with van der Waals surface area (Å²) in [5.41, 5.74) is 9.78. The van der Waals surface area contributed by atoms with E-state index in [9.17, 15) is 0 Å². The van der Waals surface area contributed by atoms with Crippen LogP contribution >= 0.6 is 0 Å². The summed E-state index contributed by atoms with van der Waals surface area (Å²) in [6, 6.07) is 8.75. The molecule has 4 aliphatic carbocycles. The highest BCUT2D eigenvalue weighted by Crippen LogP contribution is 2.69. The molecule has 162 valence electrons. The third-order valence-electron chi connectivity index (χ3n) is 9.34. The van der Waals surface area contributed by atoms with Crippen molar-refractivity contribution in [3.05, 3.63) is 59.2 Å². The highest BCUT2D eigenvalue weighted by atomic mass is 14.9. The molecular weight excluding hydrogens is 392 g/mol. The molecule has 0 aromatic carbocycles. The van der Waals surface area contributed by atoms with Crippen molar-refractivity contribution in [1.29, 1.82) is 0 Å². The number of aromatic nitrogens is 4. The van der Waals surface area contributed by atoms with Crippen molar-refractivity contribution >= 4 is 0 Å². The molecule has 0 unspecified atom stereocenters.